The van der Waals surface area contributed by atoms with Crippen LogP contribution >= 0.6 is 0 Å². The van der Waals surface area contributed by atoms with E-state index in [1.807, 2.05) is 12.4 Å². The maximum absolute atomic E-state index is 4.09. The van der Waals surface area contributed by atoms with E-state index in [9.17, 15) is 0 Å². The van der Waals surface area contributed by atoms with Gasteiger partial charge in [-0.05, 0) is 49.7 Å². The normalized spacial score (nSPS) is 18.1. The lowest BCUT2D eigenvalue weighted by atomic mass is 9.84. The van der Waals surface area contributed by atoms with Gasteiger partial charge >= 0.3 is 0 Å². The number of H-pyrrole nitrogens is 2. The van der Waals surface area contributed by atoms with Gasteiger partial charge in [-0.25, -0.2) is 0 Å². The van der Waals surface area contributed by atoms with Crippen molar-refractivity contribution >= 4 is 10.9 Å². The third-order valence-electron chi connectivity index (χ3n) is 4.47. The molecule has 4 rings (SSSR count). The molecule has 2 N–H and O–H groups in total. The Balaban J connectivity index is 1.96. The minimum Gasteiger partial charge on any atom is -0.361 e. The van der Waals surface area contributed by atoms with E-state index in [1.165, 1.54) is 33.2 Å². The van der Waals surface area contributed by atoms with E-state index in [0.29, 0.717) is 6.04 Å². The first-order valence-electron chi connectivity index (χ1n) is 7.01. The molecule has 0 bridgehead atoms. The van der Waals surface area contributed by atoms with Crippen molar-refractivity contribution in [3.05, 3.63) is 41.9 Å². The van der Waals surface area contributed by atoms with Gasteiger partial charge in [0, 0.05) is 34.9 Å². The predicted octanol–water partition coefficient (Wildman–Crippen LogP) is 2.59. The molecule has 4 heteroatoms. The molecule has 102 valence electrons. The van der Waals surface area contributed by atoms with Crippen LogP contribution in [-0.2, 0) is 12.8 Å². The molecule has 0 fully saturated rings. The van der Waals surface area contributed by atoms with Gasteiger partial charge in [-0.1, -0.05) is 6.07 Å². The molecular weight excluding hydrogens is 248 g/mol. The molecule has 4 nitrogen and oxygen atoms in total. The third kappa shape index (κ3) is 1.61. The van der Waals surface area contributed by atoms with Crippen molar-refractivity contribution in [2.75, 3.05) is 14.1 Å². The van der Waals surface area contributed by atoms with Gasteiger partial charge in [0.1, 0.15) is 0 Å². The number of aromatic amines is 2. The number of rotatable bonds is 2. The first-order valence-corrected chi connectivity index (χ1v) is 7.01. The summed E-state index contributed by atoms with van der Waals surface area (Å²) in [6.45, 7) is 0. The summed E-state index contributed by atoms with van der Waals surface area (Å²) in [5.41, 5.74) is 6.61. The highest BCUT2D eigenvalue weighted by molar-refractivity contribution is 5.93. The second-order valence-corrected chi connectivity index (χ2v) is 5.84. The van der Waals surface area contributed by atoms with Crippen LogP contribution in [0.25, 0.3) is 22.0 Å². The van der Waals surface area contributed by atoms with Crippen molar-refractivity contribution in [2.24, 2.45) is 0 Å². The van der Waals surface area contributed by atoms with E-state index in [-0.39, 0.29) is 0 Å². The molecule has 1 aliphatic rings. The number of hydrogen-bond donors (Lipinski definition) is 2. The molecule has 1 aromatic carbocycles. The molecule has 1 unspecified atom stereocenters. The number of nitrogens with zero attached hydrogens (tertiary/aromatic N) is 2. The molecular formula is C16H18N4. The van der Waals surface area contributed by atoms with Crippen LogP contribution in [0.4, 0.5) is 0 Å². The van der Waals surface area contributed by atoms with Crippen LogP contribution in [0.3, 0.4) is 0 Å². The van der Waals surface area contributed by atoms with Crippen molar-refractivity contribution in [3.63, 3.8) is 0 Å². The number of benzene rings is 1. The van der Waals surface area contributed by atoms with Gasteiger partial charge in [0.2, 0.25) is 0 Å². The molecule has 0 amide bonds. The van der Waals surface area contributed by atoms with Gasteiger partial charge < -0.3 is 9.88 Å². The molecule has 0 saturated heterocycles. The summed E-state index contributed by atoms with van der Waals surface area (Å²) in [7, 11) is 4.33. The lowest BCUT2D eigenvalue weighted by Crippen LogP contribution is -2.34. The summed E-state index contributed by atoms with van der Waals surface area (Å²) >= 11 is 0. The van der Waals surface area contributed by atoms with Crippen molar-refractivity contribution in [1.82, 2.24) is 20.1 Å². The zero-order valence-electron chi connectivity index (χ0n) is 11.8. The first kappa shape index (κ1) is 11.7. The first-order chi connectivity index (χ1) is 9.74. The van der Waals surface area contributed by atoms with Gasteiger partial charge in [-0.2, -0.15) is 5.10 Å². The van der Waals surface area contributed by atoms with Gasteiger partial charge in [0.15, 0.2) is 0 Å². The lowest BCUT2D eigenvalue weighted by Gasteiger charge is -2.29. The van der Waals surface area contributed by atoms with Crippen LogP contribution in [0.15, 0.2) is 30.7 Å². The van der Waals surface area contributed by atoms with Crippen LogP contribution in [0.5, 0.6) is 0 Å². The highest BCUT2D eigenvalue weighted by Gasteiger charge is 2.25. The fourth-order valence-electron chi connectivity index (χ4n) is 3.34. The molecule has 2 aromatic heterocycles. The quantitative estimate of drug-likeness (QED) is 0.749. The molecule has 2 heterocycles. The van der Waals surface area contributed by atoms with Crippen LogP contribution in [-0.4, -0.2) is 40.2 Å². The van der Waals surface area contributed by atoms with Crippen molar-refractivity contribution in [1.29, 1.82) is 0 Å². The molecule has 0 aliphatic heterocycles. The summed E-state index contributed by atoms with van der Waals surface area (Å²) in [5, 5.41) is 8.43. The standard InChI is InChI=1S/C16H18N4/c1-20(2)12-5-10-7-17-15-4-3-13(11-8-18-19-9-11)14(6-12)16(10)15/h3-4,7-9,12,17H,5-6H2,1-2H3,(H,18,19). The minimum absolute atomic E-state index is 0.564. The second-order valence-electron chi connectivity index (χ2n) is 5.84. The van der Waals surface area contributed by atoms with E-state index < -0.39 is 0 Å². The number of aromatic nitrogens is 3. The molecule has 0 radical (unpaired) electrons. The zero-order chi connectivity index (χ0) is 13.7. The van der Waals surface area contributed by atoms with Crippen molar-refractivity contribution in [2.45, 2.75) is 18.9 Å². The molecule has 20 heavy (non-hydrogen) atoms. The molecule has 1 atom stereocenters. The topological polar surface area (TPSA) is 47.7 Å². The Morgan fingerprint density at radius 2 is 2.10 bits per heavy atom. The minimum atomic E-state index is 0.564. The molecule has 0 spiro atoms. The second kappa shape index (κ2) is 4.21. The maximum Gasteiger partial charge on any atom is 0.0565 e. The molecule has 1 aliphatic carbocycles. The fraction of sp³-hybridized carbons (Fsp3) is 0.312. The number of nitrogens with one attached hydrogen (secondary N) is 2. The summed E-state index contributed by atoms with van der Waals surface area (Å²) in [4.78, 5) is 5.74. The monoisotopic (exact) mass is 266 g/mol. The van der Waals surface area contributed by atoms with Crippen LogP contribution < -0.4 is 0 Å². The van der Waals surface area contributed by atoms with E-state index >= 15 is 0 Å². The zero-order valence-corrected chi connectivity index (χ0v) is 11.8. The van der Waals surface area contributed by atoms with Gasteiger partial charge in [0.25, 0.3) is 0 Å². The van der Waals surface area contributed by atoms with Gasteiger partial charge in [-0.3, -0.25) is 5.10 Å². The number of likely N-dealkylation sites (N-methyl/N-ethyl adjacent to an activating group) is 1. The summed E-state index contributed by atoms with van der Waals surface area (Å²) in [5.74, 6) is 0. The molecule has 0 saturated carbocycles. The fourth-order valence-corrected chi connectivity index (χ4v) is 3.34. The Morgan fingerprint density at radius 3 is 2.85 bits per heavy atom. The summed E-state index contributed by atoms with van der Waals surface area (Å²) in [6, 6.07) is 4.95. The largest absolute Gasteiger partial charge is 0.361 e. The Bertz CT molecular complexity index is 752. The van der Waals surface area contributed by atoms with Crippen LogP contribution in [0.1, 0.15) is 11.1 Å². The summed E-state index contributed by atoms with van der Waals surface area (Å²) < 4.78 is 0. The number of hydrogen-bond acceptors (Lipinski definition) is 2. The van der Waals surface area contributed by atoms with Crippen LogP contribution in [0, 0.1) is 0 Å². The lowest BCUT2D eigenvalue weighted by molar-refractivity contribution is 0.288. The van der Waals surface area contributed by atoms with E-state index in [2.05, 4.69) is 52.5 Å². The Morgan fingerprint density at radius 1 is 1.20 bits per heavy atom. The van der Waals surface area contributed by atoms with E-state index in [1.54, 1.807) is 0 Å². The average Bonchev–Trinajstić information content (AvgIpc) is 3.09. The highest BCUT2D eigenvalue weighted by Crippen LogP contribution is 2.37. The third-order valence-corrected chi connectivity index (χ3v) is 4.47. The Hall–Kier alpha value is -2.07. The van der Waals surface area contributed by atoms with Crippen molar-refractivity contribution in [3.8, 4) is 11.1 Å². The SMILES string of the molecule is CN(C)C1Cc2c[nH]c3ccc(-c4cn[nH]c4)c(c23)C1. The predicted molar refractivity (Wildman–Crippen MR) is 80.8 cm³/mol. The van der Waals surface area contributed by atoms with Crippen molar-refractivity contribution < 1.29 is 0 Å². The highest BCUT2D eigenvalue weighted by atomic mass is 15.1. The Labute approximate surface area is 117 Å². The van der Waals surface area contributed by atoms with Crippen LogP contribution in [0.2, 0.25) is 0 Å². The summed E-state index contributed by atoms with van der Waals surface area (Å²) in [6.07, 6.45) is 8.26. The van der Waals surface area contributed by atoms with E-state index in [0.717, 1.165) is 12.8 Å². The molecule has 3 aromatic rings. The van der Waals surface area contributed by atoms with Gasteiger partial charge in [0.05, 0.1) is 6.20 Å². The van der Waals surface area contributed by atoms with E-state index in [4.69, 9.17) is 0 Å². The maximum atomic E-state index is 4.09. The Kier molecular flexibility index (Phi) is 2.47. The van der Waals surface area contributed by atoms with Gasteiger partial charge in [-0.15, -0.1) is 0 Å². The smallest absolute Gasteiger partial charge is 0.0565 e. The average molecular weight is 266 g/mol.